The molecule has 0 aromatic carbocycles. The molecule has 0 saturated heterocycles. The van der Waals surface area contributed by atoms with Crippen molar-refractivity contribution in [1.82, 2.24) is 14.9 Å². The Bertz CT molecular complexity index is 945. The van der Waals surface area contributed by atoms with E-state index in [-0.39, 0.29) is 0 Å². The highest BCUT2D eigenvalue weighted by Gasteiger charge is 2.27. The van der Waals surface area contributed by atoms with Gasteiger partial charge in [0.15, 0.2) is 5.58 Å². The topological polar surface area (TPSA) is 95.6 Å². The number of ether oxygens (including phenoxy) is 2. The van der Waals surface area contributed by atoms with Crippen LogP contribution in [0.5, 0.6) is 0 Å². The number of rotatable bonds is 7. The molecule has 0 aliphatic carbocycles. The summed E-state index contributed by atoms with van der Waals surface area (Å²) < 4.78 is 17.7. The first kappa shape index (κ1) is 18.7. The summed E-state index contributed by atoms with van der Waals surface area (Å²) in [4.78, 5) is 29.3. The smallest absolute Gasteiger partial charge is 0.356 e. The average Bonchev–Trinajstić information content (AvgIpc) is 3.17. The van der Waals surface area contributed by atoms with Crippen LogP contribution >= 0.6 is 0 Å². The molecule has 8 nitrogen and oxygen atoms in total. The molecule has 3 aromatic heterocycles. The van der Waals surface area contributed by atoms with Crippen molar-refractivity contribution in [3.8, 4) is 0 Å². The Morgan fingerprint density at radius 1 is 1.37 bits per heavy atom. The number of carbonyl (C=O) groups is 2. The number of fused-ring (bicyclic) bond motifs is 1. The lowest BCUT2D eigenvalue weighted by molar-refractivity contribution is -0.130. The molecule has 8 heteroatoms. The zero-order valence-corrected chi connectivity index (χ0v) is 15.4. The molecule has 1 atom stereocenters. The van der Waals surface area contributed by atoms with Crippen LogP contribution in [0.1, 0.15) is 27.9 Å². The Labute approximate surface area is 156 Å². The quantitative estimate of drug-likeness (QED) is 0.505. The molecule has 1 amide bonds. The van der Waals surface area contributed by atoms with Crippen molar-refractivity contribution in [1.29, 1.82) is 0 Å². The first-order chi connectivity index (χ1) is 13.0. The highest BCUT2D eigenvalue weighted by molar-refractivity contribution is 5.96. The molecule has 3 rings (SSSR count). The van der Waals surface area contributed by atoms with Crippen molar-refractivity contribution in [3.05, 3.63) is 53.7 Å². The van der Waals surface area contributed by atoms with Crippen LogP contribution in [0.4, 0.5) is 0 Å². The molecule has 3 aromatic rings. The second kappa shape index (κ2) is 8.05. The molecule has 0 aliphatic rings. The van der Waals surface area contributed by atoms with Crippen molar-refractivity contribution in [3.63, 3.8) is 0 Å². The van der Waals surface area contributed by atoms with Gasteiger partial charge >= 0.3 is 5.97 Å². The number of pyridine rings is 1. The Morgan fingerprint density at radius 3 is 2.85 bits per heavy atom. The summed E-state index contributed by atoms with van der Waals surface area (Å²) in [6.45, 7) is 2.49. The van der Waals surface area contributed by atoms with E-state index in [2.05, 4.69) is 10.3 Å². The van der Waals surface area contributed by atoms with E-state index in [1.807, 2.05) is 13.0 Å². The summed E-state index contributed by atoms with van der Waals surface area (Å²) in [6.07, 6.45) is 1.96. The van der Waals surface area contributed by atoms with Crippen molar-refractivity contribution < 1.29 is 23.5 Å². The third-order valence-corrected chi connectivity index (χ3v) is 4.12. The predicted octanol–water partition coefficient (Wildman–Crippen LogP) is 2.14. The normalized spacial score (nSPS) is 12.1. The van der Waals surface area contributed by atoms with E-state index < -0.39 is 18.0 Å². The standard InChI is InChI=1S/C19H21N3O5/c1-12-9-14-16(26-12)10-15(22(14)2)19(24)27-17(13-5-4-6-20-11-13)18(23)21-7-8-25-3/h4-6,9-11,17H,7-8H2,1-3H3,(H,21,23). The molecule has 1 N–H and O–H groups in total. The summed E-state index contributed by atoms with van der Waals surface area (Å²) in [7, 11) is 3.28. The summed E-state index contributed by atoms with van der Waals surface area (Å²) >= 11 is 0. The number of amides is 1. The van der Waals surface area contributed by atoms with Crippen molar-refractivity contribution in [2.24, 2.45) is 7.05 Å². The molecule has 0 aliphatic heterocycles. The lowest BCUT2D eigenvalue weighted by Crippen LogP contribution is -2.34. The van der Waals surface area contributed by atoms with Gasteiger partial charge in [0.25, 0.3) is 5.91 Å². The summed E-state index contributed by atoms with van der Waals surface area (Å²) in [5.41, 5.74) is 2.14. The van der Waals surface area contributed by atoms with Gasteiger partial charge in [-0.25, -0.2) is 4.79 Å². The predicted molar refractivity (Wildman–Crippen MR) is 97.2 cm³/mol. The molecule has 3 heterocycles. The van der Waals surface area contributed by atoms with Gasteiger partial charge in [-0.05, 0) is 13.0 Å². The van der Waals surface area contributed by atoms with E-state index in [1.165, 1.54) is 13.3 Å². The minimum absolute atomic E-state index is 0.294. The van der Waals surface area contributed by atoms with Crippen LogP contribution in [-0.2, 0) is 21.3 Å². The second-order valence-corrected chi connectivity index (χ2v) is 6.05. The van der Waals surface area contributed by atoms with Gasteiger partial charge in [-0.1, -0.05) is 6.07 Å². The highest BCUT2D eigenvalue weighted by Crippen LogP contribution is 2.25. The number of esters is 1. The molecular weight excluding hydrogens is 350 g/mol. The SMILES string of the molecule is COCCNC(=O)C(OC(=O)c1cc2oc(C)cc2n1C)c1cccnc1. The van der Waals surface area contributed by atoms with E-state index in [0.717, 1.165) is 11.3 Å². The molecule has 142 valence electrons. The summed E-state index contributed by atoms with van der Waals surface area (Å²) in [5.74, 6) is -0.319. The molecule has 0 radical (unpaired) electrons. The zero-order valence-electron chi connectivity index (χ0n) is 15.4. The Balaban J connectivity index is 1.83. The maximum Gasteiger partial charge on any atom is 0.356 e. The van der Waals surface area contributed by atoms with Crippen molar-refractivity contribution in [2.75, 3.05) is 20.3 Å². The van der Waals surface area contributed by atoms with Crippen LogP contribution in [0.25, 0.3) is 11.1 Å². The van der Waals surface area contributed by atoms with Crippen molar-refractivity contribution >= 4 is 23.0 Å². The fraction of sp³-hybridized carbons (Fsp3) is 0.316. The van der Waals surface area contributed by atoms with Crippen LogP contribution < -0.4 is 5.32 Å². The Morgan fingerprint density at radius 2 is 2.19 bits per heavy atom. The molecule has 0 spiro atoms. The number of furan rings is 1. The van der Waals surface area contributed by atoms with Gasteiger partial charge in [0, 0.05) is 50.8 Å². The van der Waals surface area contributed by atoms with Gasteiger partial charge in [-0.3, -0.25) is 9.78 Å². The monoisotopic (exact) mass is 371 g/mol. The van der Waals surface area contributed by atoms with Crippen LogP contribution in [0.2, 0.25) is 0 Å². The molecule has 1 unspecified atom stereocenters. The molecular formula is C19H21N3O5. The summed E-state index contributed by atoms with van der Waals surface area (Å²) in [6, 6.07) is 6.80. The number of nitrogens with zero attached hydrogens (tertiary/aromatic N) is 2. The van der Waals surface area contributed by atoms with E-state index in [0.29, 0.717) is 30.0 Å². The van der Waals surface area contributed by atoms with Crippen LogP contribution in [-0.4, -0.2) is 41.7 Å². The maximum absolute atomic E-state index is 12.7. The lowest BCUT2D eigenvalue weighted by Gasteiger charge is -2.18. The number of hydrogen-bond donors (Lipinski definition) is 1. The van der Waals surface area contributed by atoms with E-state index >= 15 is 0 Å². The maximum atomic E-state index is 12.7. The van der Waals surface area contributed by atoms with Crippen molar-refractivity contribution in [2.45, 2.75) is 13.0 Å². The fourth-order valence-corrected chi connectivity index (χ4v) is 2.77. The highest BCUT2D eigenvalue weighted by atomic mass is 16.5. The largest absolute Gasteiger partial charge is 0.460 e. The van der Waals surface area contributed by atoms with Gasteiger partial charge in [0.1, 0.15) is 11.5 Å². The number of carbonyl (C=O) groups excluding carboxylic acids is 2. The third-order valence-electron chi connectivity index (χ3n) is 4.12. The van der Waals surface area contributed by atoms with Gasteiger partial charge in [0.2, 0.25) is 6.10 Å². The van der Waals surface area contributed by atoms with Crippen LogP contribution in [0.15, 0.2) is 41.1 Å². The fourth-order valence-electron chi connectivity index (χ4n) is 2.77. The minimum atomic E-state index is -1.12. The summed E-state index contributed by atoms with van der Waals surface area (Å²) in [5, 5.41) is 2.69. The number of hydrogen-bond acceptors (Lipinski definition) is 6. The Kier molecular flexibility index (Phi) is 5.56. The van der Waals surface area contributed by atoms with Gasteiger partial charge < -0.3 is 23.8 Å². The molecule has 0 fully saturated rings. The van der Waals surface area contributed by atoms with Gasteiger partial charge in [-0.15, -0.1) is 0 Å². The number of nitrogens with one attached hydrogen (secondary N) is 1. The second-order valence-electron chi connectivity index (χ2n) is 6.05. The number of aromatic nitrogens is 2. The lowest BCUT2D eigenvalue weighted by atomic mass is 10.1. The third kappa shape index (κ3) is 4.01. The number of aryl methyl sites for hydroxylation is 2. The first-order valence-electron chi connectivity index (χ1n) is 8.44. The molecule has 0 bridgehead atoms. The van der Waals surface area contributed by atoms with E-state index in [9.17, 15) is 9.59 Å². The van der Waals surface area contributed by atoms with Gasteiger partial charge in [-0.2, -0.15) is 0 Å². The minimum Gasteiger partial charge on any atom is -0.460 e. The average molecular weight is 371 g/mol. The Hall–Kier alpha value is -3.13. The first-order valence-corrected chi connectivity index (χ1v) is 8.44. The van der Waals surface area contributed by atoms with E-state index in [4.69, 9.17) is 13.9 Å². The van der Waals surface area contributed by atoms with Gasteiger partial charge in [0.05, 0.1) is 12.1 Å². The zero-order chi connectivity index (χ0) is 19.4. The van der Waals surface area contributed by atoms with Crippen LogP contribution in [0.3, 0.4) is 0 Å². The van der Waals surface area contributed by atoms with Crippen LogP contribution in [0, 0.1) is 6.92 Å². The van der Waals surface area contributed by atoms with E-state index in [1.54, 1.807) is 36.0 Å². The molecule has 0 saturated carbocycles. The molecule has 27 heavy (non-hydrogen) atoms. The number of methoxy groups -OCH3 is 1.